The van der Waals surface area contributed by atoms with Crippen LogP contribution >= 0.6 is 0 Å². The number of hydrogen-bond acceptors (Lipinski definition) is 10. The van der Waals surface area contributed by atoms with Crippen molar-refractivity contribution in [3.63, 3.8) is 0 Å². The van der Waals surface area contributed by atoms with Gasteiger partial charge in [0.25, 0.3) is 0 Å². The number of rotatable bonds is 17. The molecule has 0 aromatic carbocycles. The normalized spacial score (nSPS) is 13.9. The van der Waals surface area contributed by atoms with Gasteiger partial charge in [0, 0.05) is 12.2 Å². The van der Waals surface area contributed by atoms with E-state index < -0.39 is 98.6 Å². The quantitative estimate of drug-likeness (QED) is 0.0694. The van der Waals surface area contributed by atoms with Crippen molar-refractivity contribution in [2.75, 3.05) is 6.54 Å². The molecule has 54 heavy (non-hydrogen) atoms. The molecule has 0 aromatic rings. The molecular weight excluding hydrogens is 704 g/mol. The number of ether oxygens (including phenoxy) is 1. The molecule has 0 saturated heterocycles. The molecule has 306 valence electrons. The molecule has 9 N–H and O–H groups in total. The van der Waals surface area contributed by atoms with Crippen molar-refractivity contribution < 1.29 is 47.9 Å². The molecule has 8 amide bonds. The third-order valence-corrected chi connectivity index (χ3v) is 8.15. The molecule has 0 aliphatic carbocycles. The molecule has 0 fully saturated rings. The number of nitrogens with two attached hydrogens (primary N) is 1. The van der Waals surface area contributed by atoms with Gasteiger partial charge in [-0.1, -0.05) is 13.8 Å². The van der Waals surface area contributed by atoms with Crippen molar-refractivity contribution in [1.29, 1.82) is 0 Å². The summed E-state index contributed by atoms with van der Waals surface area (Å²) in [4.78, 5) is 115. The van der Waals surface area contributed by atoms with Crippen LogP contribution in [0.25, 0.3) is 0 Å². The van der Waals surface area contributed by atoms with Gasteiger partial charge in [0.15, 0.2) is 0 Å². The van der Waals surface area contributed by atoms with Crippen molar-refractivity contribution in [2.24, 2.45) is 11.7 Å². The first-order valence-corrected chi connectivity index (χ1v) is 17.3. The van der Waals surface area contributed by atoms with E-state index >= 15 is 0 Å². The minimum atomic E-state index is -1.63. The van der Waals surface area contributed by atoms with Crippen LogP contribution in [-0.4, -0.2) is 98.6 Å². The Morgan fingerprint density at radius 3 is 1.09 bits per heavy atom. The number of carbonyl (C=O) groups excluding carboxylic acids is 9. The van der Waals surface area contributed by atoms with Gasteiger partial charge in [0.05, 0.1) is 6.54 Å². The molecule has 0 rings (SSSR count). The van der Waals surface area contributed by atoms with E-state index in [2.05, 4.69) is 37.2 Å². The maximum absolute atomic E-state index is 13.4. The summed E-state index contributed by atoms with van der Waals surface area (Å²) < 4.78 is 5.45. The second-order valence-corrected chi connectivity index (χ2v) is 17.3. The zero-order valence-electron chi connectivity index (χ0n) is 34.6. The maximum Gasteiger partial charge on any atom is 0.332 e. The van der Waals surface area contributed by atoms with Crippen LogP contribution in [0.3, 0.4) is 0 Å². The Bertz CT molecular complexity index is 1540. The zero-order valence-corrected chi connectivity index (χ0v) is 34.6. The molecule has 0 aromatic heterocycles. The minimum Gasteiger partial charge on any atom is -0.458 e. The number of carbonyl (C=O) groups is 9. The molecule has 18 heteroatoms. The SMILES string of the molecule is CC(C)[C@](C)(NC(=O)/C=C\C(=O)NC(C)(C)C(=O)NC(C)(C)C(=O)NC(C)(C)C(=O)NC(C)(C)C(=O)NC(C)(C)C(=O)NCC(N)=O)C(=O)OC(C)(C)C. The van der Waals surface area contributed by atoms with Gasteiger partial charge in [-0.05, 0) is 103 Å². The molecule has 0 saturated carbocycles. The molecule has 0 heterocycles. The van der Waals surface area contributed by atoms with Gasteiger partial charge >= 0.3 is 5.97 Å². The van der Waals surface area contributed by atoms with Gasteiger partial charge in [-0.2, -0.15) is 0 Å². The fourth-order valence-corrected chi connectivity index (χ4v) is 4.05. The minimum absolute atomic E-state index is 0.365. The molecule has 0 bridgehead atoms. The van der Waals surface area contributed by atoms with Crippen LogP contribution in [-0.2, 0) is 47.9 Å². The second-order valence-electron chi connectivity index (χ2n) is 17.3. The lowest BCUT2D eigenvalue weighted by atomic mass is 9.88. The summed E-state index contributed by atoms with van der Waals surface area (Å²) in [5.74, 6) is -7.17. The topological polar surface area (TPSA) is 273 Å². The molecule has 18 nitrogen and oxygen atoms in total. The zero-order chi connectivity index (χ0) is 43.1. The average Bonchev–Trinajstić information content (AvgIpc) is 2.96. The van der Waals surface area contributed by atoms with Gasteiger partial charge in [-0.3, -0.25) is 38.4 Å². The summed E-state index contributed by atoms with van der Waals surface area (Å²) in [7, 11) is 0. The first-order valence-electron chi connectivity index (χ1n) is 17.3. The van der Waals surface area contributed by atoms with Gasteiger partial charge in [0.2, 0.25) is 47.3 Å². The largest absolute Gasteiger partial charge is 0.458 e. The summed E-state index contributed by atoms with van der Waals surface area (Å²) >= 11 is 0. The monoisotopic (exact) mass is 766 g/mol. The van der Waals surface area contributed by atoms with Crippen molar-refractivity contribution in [2.45, 2.75) is 150 Å². The number of esters is 1. The molecular formula is C36H62N8O10. The third-order valence-electron chi connectivity index (χ3n) is 8.15. The van der Waals surface area contributed by atoms with Gasteiger partial charge in [-0.15, -0.1) is 0 Å². The van der Waals surface area contributed by atoms with E-state index in [1.807, 2.05) is 0 Å². The summed E-state index contributed by atoms with van der Waals surface area (Å²) in [6, 6.07) is 0. The summed E-state index contributed by atoms with van der Waals surface area (Å²) in [6.45, 7) is 23.4. The lowest BCUT2D eigenvalue weighted by Crippen LogP contribution is -2.68. The highest BCUT2D eigenvalue weighted by Crippen LogP contribution is 2.22. The Hall–Kier alpha value is -5.03. The first-order chi connectivity index (χ1) is 23.9. The van der Waals surface area contributed by atoms with Crippen LogP contribution in [0.4, 0.5) is 0 Å². The van der Waals surface area contributed by atoms with Crippen LogP contribution in [0, 0.1) is 5.92 Å². The molecule has 0 unspecified atom stereocenters. The van der Waals surface area contributed by atoms with Gasteiger partial charge < -0.3 is 47.7 Å². The third kappa shape index (κ3) is 14.8. The number of amides is 8. The van der Waals surface area contributed by atoms with Crippen LogP contribution in [0.1, 0.15) is 111 Å². The maximum atomic E-state index is 13.4. The van der Waals surface area contributed by atoms with E-state index in [1.54, 1.807) is 34.6 Å². The van der Waals surface area contributed by atoms with Crippen LogP contribution in [0.2, 0.25) is 0 Å². The highest BCUT2D eigenvalue weighted by atomic mass is 16.6. The average molecular weight is 767 g/mol. The summed E-state index contributed by atoms with van der Waals surface area (Å²) in [6.07, 6.45) is 1.80. The molecule has 0 radical (unpaired) electrons. The molecule has 0 aliphatic rings. The smallest absolute Gasteiger partial charge is 0.332 e. The van der Waals surface area contributed by atoms with Crippen molar-refractivity contribution >= 4 is 53.2 Å². The predicted molar refractivity (Wildman–Crippen MR) is 200 cm³/mol. The Labute approximate surface area is 318 Å². The standard InChI is InChI=1S/C36H62N8O10/c1-20(2)36(16,29(53)54-30(3,4)5)40-23(47)18-17-22(46)39-32(8,9)25(49)42-34(12,13)27(51)44-35(14,15)28(52)43-33(10,11)26(50)41-31(6,7)24(48)38-19-21(37)45/h17-18,20H,19H2,1-16H3,(H2,37,45)(H,38,48)(H,39,46)(H,40,47)(H,41,50)(H,42,49)(H,43,52)(H,44,51)/b18-17-/t36-/m0/s1. The first kappa shape index (κ1) is 49.0. The fraction of sp³-hybridized carbons (Fsp3) is 0.694. The van der Waals surface area contributed by atoms with Gasteiger partial charge in [-0.25, -0.2) is 4.79 Å². The van der Waals surface area contributed by atoms with E-state index in [1.165, 1.54) is 76.2 Å². The Kier molecular flexibility index (Phi) is 15.8. The van der Waals surface area contributed by atoms with E-state index in [9.17, 15) is 43.2 Å². The lowest BCUT2D eigenvalue weighted by Gasteiger charge is -2.36. The fourth-order valence-electron chi connectivity index (χ4n) is 4.05. The highest BCUT2D eigenvalue weighted by Gasteiger charge is 2.44. The lowest BCUT2D eigenvalue weighted by molar-refractivity contribution is -0.165. The Balaban J connectivity index is 5.57. The molecule has 1 atom stereocenters. The van der Waals surface area contributed by atoms with E-state index in [-0.39, 0.29) is 5.92 Å². The Morgan fingerprint density at radius 1 is 0.500 bits per heavy atom. The van der Waals surface area contributed by atoms with Crippen LogP contribution < -0.4 is 43.0 Å². The Morgan fingerprint density at radius 2 is 0.796 bits per heavy atom. The van der Waals surface area contributed by atoms with Crippen molar-refractivity contribution in [3.05, 3.63) is 12.2 Å². The van der Waals surface area contributed by atoms with Crippen molar-refractivity contribution in [1.82, 2.24) is 37.2 Å². The van der Waals surface area contributed by atoms with E-state index in [0.29, 0.717) is 0 Å². The summed E-state index contributed by atoms with van der Waals surface area (Å²) in [5, 5.41) is 17.5. The van der Waals surface area contributed by atoms with E-state index in [0.717, 1.165) is 12.2 Å². The van der Waals surface area contributed by atoms with Crippen molar-refractivity contribution in [3.8, 4) is 0 Å². The van der Waals surface area contributed by atoms with Crippen LogP contribution in [0.15, 0.2) is 12.2 Å². The van der Waals surface area contributed by atoms with Gasteiger partial charge in [0.1, 0.15) is 38.8 Å². The highest BCUT2D eigenvalue weighted by molar-refractivity contribution is 6.03. The molecule has 0 aliphatic heterocycles. The second kappa shape index (κ2) is 17.4. The van der Waals surface area contributed by atoms with E-state index in [4.69, 9.17) is 10.5 Å². The number of nitrogens with one attached hydrogen (secondary N) is 7. The molecule has 0 spiro atoms. The predicted octanol–water partition coefficient (Wildman–Crippen LogP) is -0.509. The summed E-state index contributed by atoms with van der Waals surface area (Å²) in [5.41, 5.74) is -5.09. The van der Waals surface area contributed by atoms with Crippen LogP contribution in [0.5, 0.6) is 0 Å². The number of hydrogen-bond donors (Lipinski definition) is 8. The number of primary amides is 1.